The van der Waals surface area contributed by atoms with Gasteiger partial charge >= 0.3 is 0 Å². The van der Waals surface area contributed by atoms with Crippen molar-refractivity contribution in [3.8, 4) is 0 Å². The van der Waals surface area contributed by atoms with Crippen LogP contribution in [0.15, 0.2) is 0 Å². The van der Waals surface area contributed by atoms with Crippen LogP contribution in [0.5, 0.6) is 0 Å². The molecular weight excluding hydrogens is 460 g/mol. The topological polar surface area (TPSA) is 149 Å². The third-order valence-corrected chi connectivity index (χ3v) is 7.69. The zero-order chi connectivity index (χ0) is 24.2. The van der Waals surface area contributed by atoms with Crippen molar-refractivity contribution in [2.24, 2.45) is 0 Å². The number of hydrogen-bond acceptors (Lipinski definition) is 14. The molecule has 14 heteroatoms. The summed E-state index contributed by atoms with van der Waals surface area (Å²) < 4.78 is 0. The molecule has 0 radical (unpaired) electrons. The van der Waals surface area contributed by atoms with Crippen molar-refractivity contribution < 1.29 is 0 Å². The Morgan fingerprint density at radius 3 is 2.11 bits per heavy atom. The molecule has 0 spiro atoms. The molecule has 194 valence electrons. The number of rotatable bonds is 5. The first-order valence-corrected chi connectivity index (χ1v) is 13.4. The van der Waals surface area contributed by atoms with E-state index < -0.39 is 0 Å². The van der Waals surface area contributed by atoms with E-state index in [-0.39, 0.29) is 18.2 Å². The summed E-state index contributed by atoms with van der Waals surface area (Å²) >= 11 is 0. The van der Waals surface area contributed by atoms with Crippen LogP contribution < -0.4 is 25.8 Å². The van der Waals surface area contributed by atoms with Gasteiger partial charge in [0.25, 0.3) is 11.9 Å². The highest BCUT2D eigenvalue weighted by molar-refractivity contribution is 5.34. The van der Waals surface area contributed by atoms with E-state index in [4.69, 9.17) is 0 Å². The van der Waals surface area contributed by atoms with Crippen molar-refractivity contribution in [3.05, 3.63) is 11.6 Å². The van der Waals surface area contributed by atoms with Gasteiger partial charge in [-0.1, -0.05) is 12.8 Å². The summed E-state index contributed by atoms with van der Waals surface area (Å²) in [6.07, 6.45) is 6.73. The lowest BCUT2D eigenvalue weighted by molar-refractivity contribution is 0.0763. The highest BCUT2D eigenvalue weighted by atomic mass is 15.5. The fourth-order valence-electron chi connectivity index (χ4n) is 5.72. The highest BCUT2D eigenvalue weighted by Gasteiger charge is 2.38. The molecule has 36 heavy (non-hydrogen) atoms. The molecule has 14 nitrogen and oxygen atoms in total. The van der Waals surface area contributed by atoms with Crippen LogP contribution in [0.4, 0.5) is 11.9 Å². The van der Waals surface area contributed by atoms with E-state index >= 15 is 0 Å². The summed E-state index contributed by atoms with van der Waals surface area (Å²) in [5.41, 5.74) is 0. The molecule has 0 amide bonds. The lowest BCUT2D eigenvalue weighted by Gasteiger charge is -2.46. The number of piperazine rings is 2. The Balaban J connectivity index is 1.20. The van der Waals surface area contributed by atoms with Gasteiger partial charge < -0.3 is 25.8 Å². The van der Waals surface area contributed by atoms with Gasteiger partial charge in [-0.2, -0.15) is 0 Å². The maximum absolute atomic E-state index is 4.57. The van der Waals surface area contributed by atoms with Crippen molar-refractivity contribution >= 4 is 11.9 Å². The summed E-state index contributed by atoms with van der Waals surface area (Å²) in [7, 11) is 0. The molecule has 6 rings (SSSR count). The van der Waals surface area contributed by atoms with Gasteiger partial charge in [-0.25, -0.2) is 0 Å². The smallest absolute Gasteiger partial charge is 0.266 e. The number of piperidine rings is 2. The number of hydrogen-bond donors (Lipinski definition) is 3. The molecule has 6 heterocycles. The first kappa shape index (κ1) is 23.7. The lowest BCUT2D eigenvalue weighted by Crippen LogP contribution is -2.61. The normalized spacial score (nSPS) is 28.3. The molecule has 2 aromatic rings. The SMILES string of the molecule is C1CCC(c2nnc(C3CCCCN3C3CNCCN3c3nnc(N4CCNCC4)nn3)nn2)NC1. The van der Waals surface area contributed by atoms with Gasteiger partial charge in [0, 0.05) is 52.4 Å². The van der Waals surface area contributed by atoms with Crippen LogP contribution in [0.1, 0.15) is 62.3 Å². The van der Waals surface area contributed by atoms with Crippen molar-refractivity contribution in [1.82, 2.24) is 61.6 Å². The molecule has 0 saturated carbocycles. The van der Waals surface area contributed by atoms with E-state index in [0.29, 0.717) is 23.5 Å². The number of anilines is 2. The van der Waals surface area contributed by atoms with Crippen LogP contribution in [0.25, 0.3) is 0 Å². The average Bonchev–Trinajstić information content (AvgIpc) is 2.98. The monoisotopic (exact) mass is 496 g/mol. The third-order valence-electron chi connectivity index (χ3n) is 7.69. The predicted octanol–water partition coefficient (Wildman–Crippen LogP) is -0.966. The number of aromatic nitrogens is 8. The Morgan fingerprint density at radius 2 is 1.33 bits per heavy atom. The second-order valence-electron chi connectivity index (χ2n) is 9.98. The molecule has 4 fully saturated rings. The highest BCUT2D eigenvalue weighted by Crippen LogP contribution is 2.32. The Labute approximate surface area is 211 Å². The Hall–Kier alpha value is -2.68. The minimum absolute atomic E-state index is 0.0561. The van der Waals surface area contributed by atoms with Gasteiger partial charge in [0.15, 0.2) is 11.6 Å². The maximum Gasteiger partial charge on any atom is 0.266 e. The Bertz CT molecular complexity index is 880. The van der Waals surface area contributed by atoms with E-state index in [0.717, 1.165) is 84.6 Å². The van der Waals surface area contributed by atoms with Crippen molar-refractivity contribution in [2.45, 2.75) is 56.8 Å². The molecule has 3 atom stereocenters. The van der Waals surface area contributed by atoms with E-state index in [1.54, 1.807) is 0 Å². The quantitative estimate of drug-likeness (QED) is 0.466. The van der Waals surface area contributed by atoms with Gasteiger partial charge in [-0.3, -0.25) is 4.90 Å². The van der Waals surface area contributed by atoms with Gasteiger partial charge in [-0.05, 0) is 32.2 Å². The molecule has 3 unspecified atom stereocenters. The maximum atomic E-state index is 4.57. The molecular formula is C22H36N14. The zero-order valence-electron chi connectivity index (χ0n) is 20.8. The lowest BCUT2D eigenvalue weighted by atomic mass is 10.00. The average molecular weight is 497 g/mol. The molecule has 3 N–H and O–H groups in total. The second-order valence-corrected chi connectivity index (χ2v) is 9.98. The largest absolute Gasteiger partial charge is 0.336 e. The van der Waals surface area contributed by atoms with Crippen LogP contribution in [-0.2, 0) is 0 Å². The van der Waals surface area contributed by atoms with Gasteiger partial charge in [0.2, 0.25) is 0 Å². The summed E-state index contributed by atoms with van der Waals surface area (Å²) in [5, 5.41) is 46.4. The van der Waals surface area contributed by atoms with Gasteiger partial charge in [0.05, 0.1) is 18.2 Å². The third kappa shape index (κ3) is 5.08. The second kappa shape index (κ2) is 11.2. The van der Waals surface area contributed by atoms with Crippen LogP contribution in [0.3, 0.4) is 0 Å². The standard InChI is InChI=1S/C22H36N14/c1-3-7-25-16(5-1)19-26-28-20(29-27-19)17-6-2-4-11-35(17)18-15-24-10-14-36(18)22-32-30-21(31-33-22)34-12-8-23-9-13-34/h16-18,23-25H,1-15H2. The number of nitrogens with zero attached hydrogens (tertiary/aromatic N) is 11. The fraction of sp³-hybridized carbons (Fsp3) is 0.818. The van der Waals surface area contributed by atoms with Crippen molar-refractivity contribution in [2.75, 3.05) is 68.7 Å². The molecule has 4 aliphatic rings. The van der Waals surface area contributed by atoms with E-state index in [1.165, 1.54) is 12.8 Å². The Morgan fingerprint density at radius 1 is 0.611 bits per heavy atom. The fourth-order valence-corrected chi connectivity index (χ4v) is 5.72. The molecule has 2 aromatic heterocycles. The number of nitrogens with one attached hydrogen (secondary N) is 3. The molecule has 0 bridgehead atoms. The minimum Gasteiger partial charge on any atom is -0.336 e. The van der Waals surface area contributed by atoms with E-state index in [1.807, 2.05) is 0 Å². The number of likely N-dealkylation sites (tertiary alicyclic amines) is 1. The van der Waals surface area contributed by atoms with Gasteiger partial charge in [0.1, 0.15) is 0 Å². The van der Waals surface area contributed by atoms with Crippen LogP contribution >= 0.6 is 0 Å². The molecule has 0 aliphatic carbocycles. The zero-order valence-corrected chi connectivity index (χ0v) is 20.8. The van der Waals surface area contributed by atoms with Gasteiger partial charge in [-0.15, -0.1) is 40.8 Å². The summed E-state index contributed by atoms with van der Waals surface area (Å²) in [6, 6.07) is 0.218. The van der Waals surface area contributed by atoms with Crippen LogP contribution in [-0.4, -0.2) is 111 Å². The molecule has 4 aliphatic heterocycles. The van der Waals surface area contributed by atoms with Crippen LogP contribution in [0.2, 0.25) is 0 Å². The molecule has 4 saturated heterocycles. The summed E-state index contributed by atoms with van der Waals surface area (Å²) in [4.78, 5) is 6.80. The Kier molecular flexibility index (Phi) is 7.34. The first-order valence-electron chi connectivity index (χ1n) is 13.4. The van der Waals surface area contributed by atoms with Crippen LogP contribution in [0, 0.1) is 0 Å². The minimum atomic E-state index is 0.0561. The van der Waals surface area contributed by atoms with Crippen molar-refractivity contribution in [1.29, 1.82) is 0 Å². The summed E-state index contributed by atoms with van der Waals surface area (Å²) in [5.74, 6) is 2.57. The summed E-state index contributed by atoms with van der Waals surface area (Å²) in [6.45, 7) is 7.97. The van der Waals surface area contributed by atoms with E-state index in [2.05, 4.69) is 71.4 Å². The predicted molar refractivity (Wildman–Crippen MR) is 132 cm³/mol. The molecule has 0 aromatic carbocycles. The first-order chi connectivity index (χ1) is 17.9. The van der Waals surface area contributed by atoms with E-state index in [9.17, 15) is 0 Å². The van der Waals surface area contributed by atoms with Crippen molar-refractivity contribution in [3.63, 3.8) is 0 Å².